The van der Waals surface area contributed by atoms with Crippen LogP contribution in [0.3, 0.4) is 0 Å². The highest BCUT2D eigenvalue weighted by Crippen LogP contribution is 2.17. The lowest BCUT2D eigenvalue weighted by Crippen LogP contribution is -2.31. The Morgan fingerprint density at radius 1 is 1.31 bits per heavy atom. The van der Waals surface area contributed by atoms with Crippen LogP contribution >= 0.6 is 22.6 Å². The number of carbonyl (C=O) groups is 2. The summed E-state index contributed by atoms with van der Waals surface area (Å²) >= 11 is 1.88. The van der Waals surface area contributed by atoms with Gasteiger partial charge in [-0.3, -0.25) is 4.79 Å². The second-order valence-electron chi connectivity index (χ2n) is 3.60. The van der Waals surface area contributed by atoms with Crippen molar-refractivity contribution >= 4 is 34.5 Å². The molecule has 0 saturated carbocycles. The summed E-state index contributed by atoms with van der Waals surface area (Å²) in [4.78, 5) is 22.6. The Bertz CT molecular complexity index is 429. The van der Waals surface area contributed by atoms with Crippen LogP contribution in [0.4, 0.5) is 0 Å². The van der Waals surface area contributed by atoms with Gasteiger partial charge in [-0.2, -0.15) is 0 Å². The minimum Gasteiger partial charge on any atom is -0.478 e. The monoisotopic (exact) mass is 333 g/mol. The van der Waals surface area contributed by atoms with Gasteiger partial charge in [-0.1, -0.05) is 6.07 Å². The molecule has 1 aromatic carbocycles. The molecule has 0 bridgehead atoms. The zero-order chi connectivity index (χ0) is 12.3. The first-order chi connectivity index (χ1) is 7.43. The zero-order valence-electron chi connectivity index (χ0n) is 8.95. The third-order valence-corrected chi connectivity index (χ3v) is 3.06. The Balaban J connectivity index is 3.10. The molecule has 4 nitrogen and oxygen atoms in total. The summed E-state index contributed by atoms with van der Waals surface area (Å²) in [7, 11) is 0. The van der Waals surface area contributed by atoms with Crippen molar-refractivity contribution in [1.29, 1.82) is 0 Å². The summed E-state index contributed by atoms with van der Waals surface area (Å²) in [6.07, 6.45) is 0. The Labute approximate surface area is 107 Å². The maximum absolute atomic E-state index is 11.7. The van der Waals surface area contributed by atoms with Crippen molar-refractivity contribution in [1.82, 2.24) is 5.32 Å². The van der Waals surface area contributed by atoms with E-state index < -0.39 is 5.97 Å². The molecule has 0 aliphatic heterocycles. The normalized spacial score (nSPS) is 10.2. The van der Waals surface area contributed by atoms with Crippen LogP contribution < -0.4 is 5.32 Å². The fourth-order valence-electron chi connectivity index (χ4n) is 1.21. The molecule has 1 amide bonds. The second-order valence-corrected chi connectivity index (χ2v) is 4.68. The third-order valence-electron chi connectivity index (χ3n) is 1.89. The topological polar surface area (TPSA) is 66.4 Å². The van der Waals surface area contributed by atoms with E-state index in [4.69, 9.17) is 5.11 Å². The molecule has 2 N–H and O–H groups in total. The molecule has 5 heteroatoms. The van der Waals surface area contributed by atoms with E-state index in [0.29, 0.717) is 9.13 Å². The lowest BCUT2D eigenvalue weighted by molar-refractivity contribution is 0.0695. The molecule has 0 aliphatic rings. The lowest BCUT2D eigenvalue weighted by Gasteiger charge is -2.10. The minimum absolute atomic E-state index is 0.0248. The number of benzene rings is 1. The summed E-state index contributed by atoms with van der Waals surface area (Å²) in [6, 6.07) is 4.69. The molecule has 0 heterocycles. The Morgan fingerprint density at radius 2 is 1.88 bits per heavy atom. The number of carboxylic acids is 1. The molecule has 0 unspecified atom stereocenters. The van der Waals surface area contributed by atoms with Crippen LogP contribution in [0.15, 0.2) is 18.2 Å². The van der Waals surface area contributed by atoms with Crippen molar-refractivity contribution in [2.75, 3.05) is 0 Å². The van der Waals surface area contributed by atoms with Gasteiger partial charge in [0.15, 0.2) is 0 Å². The Kier molecular flexibility index (Phi) is 4.28. The predicted molar refractivity (Wildman–Crippen MR) is 68.7 cm³/mol. The van der Waals surface area contributed by atoms with Gasteiger partial charge in [0.2, 0.25) is 0 Å². The molecule has 0 spiro atoms. The minimum atomic E-state index is -1.02. The molecule has 0 atom stereocenters. The molecule has 1 rings (SSSR count). The first kappa shape index (κ1) is 13.0. The summed E-state index contributed by atoms with van der Waals surface area (Å²) in [5, 5.41) is 11.6. The molecule has 86 valence electrons. The van der Waals surface area contributed by atoms with E-state index in [1.54, 1.807) is 12.1 Å². The SMILES string of the molecule is CC(C)NC(=O)c1cccc(C(=O)O)c1I. The molecular formula is C11H12INO3. The maximum Gasteiger partial charge on any atom is 0.336 e. The number of hydrogen-bond acceptors (Lipinski definition) is 2. The van der Waals surface area contributed by atoms with E-state index in [2.05, 4.69) is 5.32 Å². The summed E-state index contributed by atoms with van der Waals surface area (Å²) < 4.78 is 0.464. The highest BCUT2D eigenvalue weighted by Gasteiger charge is 2.16. The van der Waals surface area contributed by atoms with E-state index >= 15 is 0 Å². The smallest absolute Gasteiger partial charge is 0.336 e. The standard InChI is InChI=1S/C11H12INO3/c1-6(2)13-10(14)7-4-3-5-8(9(7)12)11(15)16/h3-6H,1-2H3,(H,13,14)(H,15,16). The summed E-state index contributed by atoms with van der Waals surface area (Å²) in [5.74, 6) is -1.27. The Morgan fingerprint density at radius 3 is 2.38 bits per heavy atom. The van der Waals surface area contributed by atoms with Crippen LogP contribution in [0.2, 0.25) is 0 Å². The maximum atomic E-state index is 11.7. The fraction of sp³-hybridized carbons (Fsp3) is 0.273. The number of nitrogens with one attached hydrogen (secondary N) is 1. The van der Waals surface area contributed by atoms with Crippen molar-refractivity contribution < 1.29 is 14.7 Å². The van der Waals surface area contributed by atoms with Crippen LogP contribution in [0.25, 0.3) is 0 Å². The Hall–Kier alpha value is -1.11. The number of hydrogen-bond donors (Lipinski definition) is 2. The molecule has 0 radical (unpaired) electrons. The van der Waals surface area contributed by atoms with Crippen LogP contribution in [0, 0.1) is 3.57 Å². The number of carbonyl (C=O) groups excluding carboxylic acids is 1. The van der Waals surface area contributed by atoms with Gasteiger partial charge in [0.25, 0.3) is 5.91 Å². The van der Waals surface area contributed by atoms with Crippen molar-refractivity contribution in [2.24, 2.45) is 0 Å². The van der Waals surface area contributed by atoms with Crippen molar-refractivity contribution in [3.63, 3.8) is 0 Å². The predicted octanol–water partition coefficient (Wildman–Crippen LogP) is 2.13. The van der Waals surface area contributed by atoms with E-state index in [1.165, 1.54) is 6.07 Å². The highest BCUT2D eigenvalue weighted by atomic mass is 127. The molecule has 0 saturated heterocycles. The van der Waals surface area contributed by atoms with Gasteiger partial charge in [-0.25, -0.2) is 4.79 Å². The molecule has 1 aromatic rings. The van der Waals surface area contributed by atoms with Gasteiger partial charge in [-0.15, -0.1) is 0 Å². The van der Waals surface area contributed by atoms with Crippen molar-refractivity contribution in [2.45, 2.75) is 19.9 Å². The average molecular weight is 333 g/mol. The van der Waals surface area contributed by atoms with Gasteiger partial charge < -0.3 is 10.4 Å². The number of rotatable bonds is 3. The van der Waals surface area contributed by atoms with E-state index in [1.807, 2.05) is 36.4 Å². The van der Waals surface area contributed by atoms with Gasteiger partial charge >= 0.3 is 5.97 Å². The van der Waals surface area contributed by atoms with Gasteiger partial charge in [0, 0.05) is 9.61 Å². The third kappa shape index (κ3) is 2.94. The molecule has 0 aromatic heterocycles. The molecule has 16 heavy (non-hydrogen) atoms. The highest BCUT2D eigenvalue weighted by molar-refractivity contribution is 14.1. The van der Waals surface area contributed by atoms with Gasteiger partial charge in [0.05, 0.1) is 11.1 Å². The number of amides is 1. The van der Waals surface area contributed by atoms with Crippen molar-refractivity contribution in [3.8, 4) is 0 Å². The van der Waals surface area contributed by atoms with E-state index in [0.717, 1.165) is 0 Å². The molecular weight excluding hydrogens is 321 g/mol. The van der Waals surface area contributed by atoms with Gasteiger partial charge in [0.1, 0.15) is 0 Å². The zero-order valence-corrected chi connectivity index (χ0v) is 11.1. The molecule has 0 aliphatic carbocycles. The number of carboxylic acid groups (broad SMARTS) is 1. The number of aromatic carboxylic acids is 1. The number of halogens is 1. The molecule has 0 fully saturated rings. The quantitative estimate of drug-likeness (QED) is 0.833. The average Bonchev–Trinajstić information content (AvgIpc) is 2.16. The van der Waals surface area contributed by atoms with Crippen LogP contribution in [0.5, 0.6) is 0 Å². The summed E-state index contributed by atoms with van der Waals surface area (Å²) in [5.41, 5.74) is 0.547. The fourth-order valence-corrected chi connectivity index (χ4v) is 2.05. The summed E-state index contributed by atoms with van der Waals surface area (Å²) in [6.45, 7) is 3.71. The lowest BCUT2D eigenvalue weighted by atomic mass is 10.1. The first-order valence-corrected chi connectivity index (χ1v) is 5.84. The van der Waals surface area contributed by atoms with E-state index in [9.17, 15) is 9.59 Å². The van der Waals surface area contributed by atoms with Crippen LogP contribution in [-0.4, -0.2) is 23.0 Å². The van der Waals surface area contributed by atoms with Crippen LogP contribution in [-0.2, 0) is 0 Å². The largest absolute Gasteiger partial charge is 0.478 e. The van der Waals surface area contributed by atoms with Crippen molar-refractivity contribution in [3.05, 3.63) is 32.9 Å². The van der Waals surface area contributed by atoms with E-state index in [-0.39, 0.29) is 17.5 Å². The van der Waals surface area contributed by atoms with Gasteiger partial charge in [-0.05, 0) is 48.6 Å². The first-order valence-electron chi connectivity index (χ1n) is 4.76. The van der Waals surface area contributed by atoms with Crippen LogP contribution in [0.1, 0.15) is 34.6 Å². The second kappa shape index (κ2) is 5.29.